The summed E-state index contributed by atoms with van der Waals surface area (Å²) < 4.78 is 5.66. The molecule has 2 amide bonds. The van der Waals surface area contributed by atoms with Gasteiger partial charge in [0.2, 0.25) is 5.91 Å². The predicted octanol–water partition coefficient (Wildman–Crippen LogP) is 3.28. The van der Waals surface area contributed by atoms with Gasteiger partial charge in [0, 0.05) is 19.5 Å². The maximum absolute atomic E-state index is 12.5. The van der Waals surface area contributed by atoms with Gasteiger partial charge in [-0.05, 0) is 50.0 Å². The minimum Gasteiger partial charge on any atom is -0.480 e. The second-order valence-electron chi connectivity index (χ2n) is 6.77. The molecule has 9 heteroatoms. The van der Waals surface area contributed by atoms with Gasteiger partial charge in [0.1, 0.15) is 16.1 Å². The van der Waals surface area contributed by atoms with Crippen molar-refractivity contribution in [2.45, 2.75) is 38.1 Å². The Morgan fingerprint density at radius 1 is 1.38 bits per heavy atom. The first-order valence-electron chi connectivity index (χ1n) is 9.45. The van der Waals surface area contributed by atoms with E-state index in [1.165, 1.54) is 21.6 Å². The summed E-state index contributed by atoms with van der Waals surface area (Å²) in [5, 5.41) is 9.30. The number of likely N-dealkylation sites (tertiary alicyclic amines) is 1. The maximum Gasteiger partial charge on any atom is 0.326 e. The van der Waals surface area contributed by atoms with Gasteiger partial charge < -0.3 is 14.4 Å². The van der Waals surface area contributed by atoms with E-state index in [1.807, 2.05) is 6.07 Å². The molecule has 2 aliphatic heterocycles. The van der Waals surface area contributed by atoms with Gasteiger partial charge >= 0.3 is 5.97 Å². The molecule has 2 fully saturated rings. The van der Waals surface area contributed by atoms with Crippen LogP contribution in [0.5, 0.6) is 0 Å². The molecule has 1 aromatic heterocycles. The Bertz CT molecular complexity index is 847. The highest BCUT2D eigenvalue weighted by Gasteiger charge is 2.33. The monoisotopic (exact) mass is 434 g/mol. The molecule has 1 N–H and O–H groups in total. The lowest BCUT2D eigenvalue weighted by Gasteiger charge is -2.33. The third-order valence-corrected chi connectivity index (χ3v) is 6.20. The van der Waals surface area contributed by atoms with Gasteiger partial charge in [-0.25, -0.2) is 4.79 Å². The van der Waals surface area contributed by atoms with E-state index in [1.54, 1.807) is 30.6 Å². The molecule has 0 aliphatic carbocycles. The number of amides is 2. The fourth-order valence-electron chi connectivity index (χ4n) is 3.34. The van der Waals surface area contributed by atoms with Crippen molar-refractivity contribution < 1.29 is 23.9 Å². The fraction of sp³-hybridized carbons (Fsp3) is 0.400. The number of nitrogens with zero attached hydrogens (tertiary/aromatic N) is 2. The maximum atomic E-state index is 12.5. The van der Waals surface area contributed by atoms with Crippen molar-refractivity contribution in [1.29, 1.82) is 0 Å². The normalized spacial score (nSPS) is 21.5. The summed E-state index contributed by atoms with van der Waals surface area (Å²) in [4.78, 5) is 39.8. The molecule has 0 saturated carbocycles. The molecule has 7 nitrogen and oxygen atoms in total. The van der Waals surface area contributed by atoms with Crippen molar-refractivity contribution in [2.24, 2.45) is 0 Å². The summed E-state index contributed by atoms with van der Waals surface area (Å²) in [7, 11) is 0. The number of carbonyl (C=O) groups excluding carboxylic acids is 2. The van der Waals surface area contributed by atoms with Crippen LogP contribution in [0, 0.1) is 0 Å². The topological polar surface area (TPSA) is 91.1 Å². The summed E-state index contributed by atoms with van der Waals surface area (Å²) in [5.41, 5.74) is 0. The van der Waals surface area contributed by atoms with E-state index in [0.29, 0.717) is 40.9 Å². The van der Waals surface area contributed by atoms with Gasteiger partial charge in [-0.15, -0.1) is 0 Å². The standard InChI is InChI=1S/C20H22N2O5S2/c23-17(21-11-2-1-8-15(21)19(25)26)10-4-12-22-18(24)16(29-20(22)28)9-3-6-14-7-5-13-27-14/h3,5-7,9,13,15H,1-2,4,8,10-12H2,(H,25,26). The molecule has 3 heterocycles. The van der Waals surface area contributed by atoms with Gasteiger partial charge in [-0.1, -0.05) is 30.1 Å². The Hall–Kier alpha value is -2.39. The molecule has 2 saturated heterocycles. The number of thiocarbonyl (C=S) groups is 1. The molecule has 29 heavy (non-hydrogen) atoms. The molecule has 1 unspecified atom stereocenters. The minimum absolute atomic E-state index is 0.181. The lowest BCUT2D eigenvalue weighted by atomic mass is 10.0. The number of aliphatic carboxylic acids is 1. The fourth-order valence-corrected chi connectivity index (χ4v) is 4.60. The van der Waals surface area contributed by atoms with Gasteiger partial charge in [-0.2, -0.15) is 0 Å². The highest BCUT2D eigenvalue weighted by atomic mass is 32.2. The Labute approximate surface area is 178 Å². The van der Waals surface area contributed by atoms with E-state index >= 15 is 0 Å². The van der Waals surface area contributed by atoms with Crippen LogP contribution >= 0.6 is 24.0 Å². The van der Waals surface area contributed by atoms with Crippen LogP contribution in [0.4, 0.5) is 0 Å². The average molecular weight is 435 g/mol. The molecular weight excluding hydrogens is 412 g/mol. The molecule has 0 radical (unpaired) electrons. The molecule has 1 aromatic rings. The van der Waals surface area contributed by atoms with E-state index in [4.69, 9.17) is 16.6 Å². The highest BCUT2D eigenvalue weighted by molar-refractivity contribution is 8.26. The van der Waals surface area contributed by atoms with Crippen molar-refractivity contribution in [3.63, 3.8) is 0 Å². The van der Waals surface area contributed by atoms with E-state index in [-0.39, 0.29) is 18.2 Å². The third-order valence-electron chi connectivity index (χ3n) is 4.81. The van der Waals surface area contributed by atoms with E-state index in [2.05, 4.69) is 0 Å². The molecule has 0 aromatic carbocycles. The van der Waals surface area contributed by atoms with Crippen molar-refractivity contribution >= 4 is 52.2 Å². The smallest absolute Gasteiger partial charge is 0.326 e. The van der Waals surface area contributed by atoms with Crippen LogP contribution in [0.3, 0.4) is 0 Å². The Kier molecular flexibility index (Phi) is 7.27. The Balaban J connectivity index is 1.51. The molecule has 0 bridgehead atoms. The molecule has 0 spiro atoms. The number of carboxylic acid groups (broad SMARTS) is 1. The SMILES string of the molecule is O=C(O)C1CCCCN1C(=O)CCCN1C(=O)C(=CC=Cc2ccco2)SC1=S. The number of allylic oxidation sites excluding steroid dienone is 2. The Morgan fingerprint density at radius 3 is 2.93 bits per heavy atom. The first kappa shape index (κ1) is 21.3. The van der Waals surface area contributed by atoms with Crippen molar-refractivity contribution in [3.05, 3.63) is 41.2 Å². The van der Waals surface area contributed by atoms with Gasteiger partial charge in [0.05, 0.1) is 11.2 Å². The van der Waals surface area contributed by atoms with Crippen molar-refractivity contribution in [1.82, 2.24) is 9.80 Å². The van der Waals surface area contributed by atoms with Crippen molar-refractivity contribution in [3.8, 4) is 0 Å². The zero-order valence-electron chi connectivity index (χ0n) is 15.8. The number of thioether (sulfide) groups is 1. The lowest BCUT2D eigenvalue weighted by Crippen LogP contribution is -2.48. The minimum atomic E-state index is -0.956. The van der Waals surface area contributed by atoms with Gasteiger partial charge in [0.15, 0.2) is 0 Å². The summed E-state index contributed by atoms with van der Waals surface area (Å²) in [6.45, 7) is 0.808. The Morgan fingerprint density at radius 2 is 2.21 bits per heavy atom. The summed E-state index contributed by atoms with van der Waals surface area (Å²) >= 11 is 6.52. The second-order valence-corrected chi connectivity index (χ2v) is 8.45. The first-order chi connectivity index (χ1) is 14.0. The van der Waals surface area contributed by atoms with Crippen LogP contribution in [-0.4, -0.2) is 56.1 Å². The van der Waals surface area contributed by atoms with E-state index < -0.39 is 12.0 Å². The summed E-state index contributed by atoms with van der Waals surface area (Å²) in [6.07, 6.45) is 9.51. The summed E-state index contributed by atoms with van der Waals surface area (Å²) in [6, 6.07) is 2.85. The molecule has 154 valence electrons. The molecule has 2 aliphatic rings. The zero-order chi connectivity index (χ0) is 20.8. The van der Waals surface area contributed by atoms with Crippen LogP contribution in [0.25, 0.3) is 6.08 Å². The van der Waals surface area contributed by atoms with Crippen LogP contribution in [-0.2, 0) is 14.4 Å². The number of carboxylic acids is 1. The van der Waals surface area contributed by atoms with Crippen LogP contribution < -0.4 is 0 Å². The van der Waals surface area contributed by atoms with Crippen LogP contribution in [0.15, 0.2) is 39.9 Å². The quantitative estimate of drug-likeness (QED) is 0.520. The first-order valence-corrected chi connectivity index (χ1v) is 10.7. The largest absolute Gasteiger partial charge is 0.480 e. The number of furan rings is 1. The zero-order valence-corrected chi connectivity index (χ0v) is 17.4. The molecule has 3 rings (SSSR count). The van der Waals surface area contributed by atoms with Crippen molar-refractivity contribution in [2.75, 3.05) is 13.1 Å². The number of rotatable bonds is 7. The van der Waals surface area contributed by atoms with Gasteiger partial charge in [0.25, 0.3) is 5.91 Å². The number of hydrogen-bond acceptors (Lipinski definition) is 6. The van der Waals surface area contributed by atoms with E-state index in [0.717, 1.165) is 12.8 Å². The van der Waals surface area contributed by atoms with Crippen LogP contribution in [0.2, 0.25) is 0 Å². The van der Waals surface area contributed by atoms with E-state index in [9.17, 15) is 19.5 Å². The molecule has 1 atom stereocenters. The lowest BCUT2D eigenvalue weighted by molar-refractivity contribution is -0.152. The predicted molar refractivity (Wildman–Crippen MR) is 114 cm³/mol. The highest BCUT2D eigenvalue weighted by Crippen LogP contribution is 2.31. The average Bonchev–Trinajstić information content (AvgIpc) is 3.31. The third kappa shape index (κ3) is 5.36. The summed E-state index contributed by atoms with van der Waals surface area (Å²) in [5.74, 6) is -0.632. The number of piperidine rings is 1. The second kappa shape index (κ2) is 9.89. The van der Waals surface area contributed by atoms with Crippen LogP contribution in [0.1, 0.15) is 37.9 Å². The van der Waals surface area contributed by atoms with Gasteiger partial charge in [-0.3, -0.25) is 14.5 Å². The number of carbonyl (C=O) groups is 3. The number of hydrogen-bond donors (Lipinski definition) is 1. The molecular formula is C20H22N2O5S2.